The fourth-order valence-corrected chi connectivity index (χ4v) is 4.26. The lowest BCUT2D eigenvalue weighted by atomic mass is 9.73. The molecule has 1 aliphatic rings. The molecule has 1 aliphatic heterocycles. The van der Waals surface area contributed by atoms with Crippen LogP contribution in [0.15, 0.2) is 73.3 Å². The van der Waals surface area contributed by atoms with Crippen LogP contribution in [0.4, 0.5) is 11.4 Å². The van der Waals surface area contributed by atoms with E-state index in [2.05, 4.69) is 20.3 Å². The average Bonchev–Trinajstić information content (AvgIpc) is 3.38. The number of amides is 1. The van der Waals surface area contributed by atoms with Gasteiger partial charge in [-0.25, -0.2) is 4.98 Å². The van der Waals surface area contributed by atoms with Crippen LogP contribution in [0, 0.1) is 0 Å². The predicted octanol–water partition coefficient (Wildman–Crippen LogP) is 3.80. The monoisotopic (exact) mass is 440 g/mol. The van der Waals surface area contributed by atoms with Crippen LogP contribution in [0.25, 0.3) is 11.4 Å². The molecule has 8 heteroatoms. The number of hydrogen-bond donors (Lipinski definition) is 3. The van der Waals surface area contributed by atoms with Crippen LogP contribution in [0.3, 0.4) is 0 Å². The molecule has 0 aliphatic carbocycles. The van der Waals surface area contributed by atoms with Gasteiger partial charge in [-0.05, 0) is 42.7 Å². The van der Waals surface area contributed by atoms with Gasteiger partial charge in [0.25, 0.3) is 5.91 Å². The van der Waals surface area contributed by atoms with Crippen LogP contribution >= 0.6 is 0 Å². The van der Waals surface area contributed by atoms with Gasteiger partial charge >= 0.3 is 0 Å². The Labute approximate surface area is 191 Å². The Hall–Kier alpha value is -4.04. The van der Waals surface area contributed by atoms with Crippen molar-refractivity contribution in [3.8, 4) is 11.4 Å². The fraction of sp³-hybridized carbons (Fsp3) is 0.200. The molecule has 3 heterocycles. The fourth-order valence-electron chi connectivity index (χ4n) is 4.26. The number of H-pyrrole nitrogens is 1. The van der Waals surface area contributed by atoms with E-state index in [1.165, 1.54) is 0 Å². The molecule has 8 nitrogen and oxygen atoms in total. The predicted molar refractivity (Wildman–Crippen MR) is 126 cm³/mol. The maximum atomic E-state index is 12.7. The van der Waals surface area contributed by atoms with Crippen molar-refractivity contribution in [1.29, 1.82) is 0 Å². The molecule has 0 radical (unpaired) electrons. The Morgan fingerprint density at radius 2 is 1.82 bits per heavy atom. The normalized spacial score (nSPS) is 15.2. The first-order chi connectivity index (χ1) is 16.2. The first kappa shape index (κ1) is 20.8. The number of nitrogens with one attached hydrogen (secondary N) is 2. The Morgan fingerprint density at radius 1 is 1.03 bits per heavy atom. The molecule has 5 rings (SSSR count). The molecule has 0 saturated carbocycles. The molecular formula is C25H24N6O2. The van der Waals surface area contributed by atoms with E-state index in [-0.39, 0.29) is 11.3 Å². The van der Waals surface area contributed by atoms with Crippen molar-refractivity contribution >= 4 is 17.3 Å². The molecule has 33 heavy (non-hydrogen) atoms. The molecule has 1 saturated heterocycles. The van der Waals surface area contributed by atoms with Crippen LogP contribution < -0.4 is 11.1 Å². The highest BCUT2D eigenvalue weighted by molar-refractivity contribution is 6.05. The summed E-state index contributed by atoms with van der Waals surface area (Å²) in [5.41, 5.74) is 9.85. The summed E-state index contributed by atoms with van der Waals surface area (Å²) in [7, 11) is 0. The highest BCUT2D eigenvalue weighted by Crippen LogP contribution is 2.40. The van der Waals surface area contributed by atoms with Gasteiger partial charge in [0.1, 0.15) is 17.2 Å². The number of anilines is 2. The minimum atomic E-state index is -0.336. The van der Waals surface area contributed by atoms with Crippen molar-refractivity contribution in [2.45, 2.75) is 18.3 Å². The van der Waals surface area contributed by atoms with Gasteiger partial charge in [0.2, 0.25) is 0 Å². The third-order valence-electron chi connectivity index (χ3n) is 6.11. The summed E-state index contributed by atoms with van der Waals surface area (Å²) in [6.45, 7) is 1.27. The number of nitrogens with zero attached hydrogens (tertiary/aromatic N) is 3. The number of rotatable bonds is 5. The topological polar surface area (TPSA) is 119 Å². The zero-order valence-corrected chi connectivity index (χ0v) is 18.0. The van der Waals surface area contributed by atoms with Gasteiger partial charge in [-0.15, -0.1) is 0 Å². The number of imidazole rings is 1. The average molecular weight is 441 g/mol. The van der Waals surface area contributed by atoms with E-state index in [4.69, 9.17) is 15.5 Å². The smallest absolute Gasteiger partial charge is 0.255 e. The number of nitrogen functional groups attached to an aromatic ring is 1. The van der Waals surface area contributed by atoms with Crippen LogP contribution in [0.2, 0.25) is 0 Å². The minimum Gasteiger partial charge on any atom is -0.397 e. The van der Waals surface area contributed by atoms with Crippen molar-refractivity contribution in [1.82, 2.24) is 19.9 Å². The van der Waals surface area contributed by atoms with E-state index in [1.807, 2.05) is 42.6 Å². The molecule has 0 atom stereocenters. The van der Waals surface area contributed by atoms with Gasteiger partial charge in [0, 0.05) is 37.4 Å². The summed E-state index contributed by atoms with van der Waals surface area (Å²) in [6, 6.07) is 14.9. The number of carbonyl (C=O) groups is 1. The van der Waals surface area contributed by atoms with Gasteiger partial charge < -0.3 is 20.8 Å². The van der Waals surface area contributed by atoms with Crippen LogP contribution in [-0.4, -0.2) is 39.1 Å². The number of aromatic amines is 1. The molecule has 0 bridgehead atoms. The lowest BCUT2D eigenvalue weighted by Crippen LogP contribution is -2.36. The summed E-state index contributed by atoms with van der Waals surface area (Å²) in [5, 5.41) is 2.87. The summed E-state index contributed by atoms with van der Waals surface area (Å²) >= 11 is 0. The highest BCUT2D eigenvalue weighted by Gasteiger charge is 2.39. The summed E-state index contributed by atoms with van der Waals surface area (Å²) in [4.78, 5) is 29.5. The quantitative estimate of drug-likeness (QED) is 0.406. The lowest BCUT2D eigenvalue weighted by molar-refractivity contribution is 0.0607. The van der Waals surface area contributed by atoms with Crippen LogP contribution in [0.1, 0.15) is 34.6 Å². The third kappa shape index (κ3) is 4.08. The van der Waals surface area contributed by atoms with Crippen molar-refractivity contribution in [2.75, 3.05) is 24.3 Å². The summed E-state index contributed by atoms with van der Waals surface area (Å²) < 4.78 is 5.66. The number of aromatic nitrogens is 4. The van der Waals surface area contributed by atoms with Crippen LogP contribution in [0.5, 0.6) is 0 Å². The summed E-state index contributed by atoms with van der Waals surface area (Å²) in [5.74, 6) is 0.657. The summed E-state index contributed by atoms with van der Waals surface area (Å²) in [6.07, 6.45) is 8.42. The van der Waals surface area contributed by atoms with E-state index >= 15 is 0 Å². The Morgan fingerprint density at radius 3 is 2.55 bits per heavy atom. The largest absolute Gasteiger partial charge is 0.397 e. The zero-order chi connectivity index (χ0) is 22.7. The molecule has 0 spiro atoms. The van der Waals surface area contributed by atoms with E-state index in [9.17, 15) is 4.79 Å². The molecule has 1 fully saturated rings. The Bertz CT molecular complexity index is 1250. The van der Waals surface area contributed by atoms with Gasteiger partial charge in [-0.3, -0.25) is 14.8 Å². The molecule has 4 aromatic rings. The molecule has 1 amide bonds. The first-order valence-electron chi connectivity index (χ1n) is 10.8. The molecule has 2 aromatic heterocycles. The zero-order valence-electron chi connectivity index (χ0n) is 18.0. The van der Waals surface area contributed by atoms with Crippen LogP contribution in [-0.2, 0) is 10.2 Å². The van der Waals surface area contributed by atoms with Crippen molar-refractivity contribution in [3.63, 3.8) is 0 Å². The molecule has 4 N–H and O–H groups in total. The Kier molecular flexibility index (Phi) is 5.58. The number of hydrogen-bond acceptors (Lipinski definition) is 6. The second-order valence-electron chi connectivity index (χ2n) is 8.04. The third-order valence-corrected chi connectivity index (χ3v) is 6.11. The number of carbonyl (C=O) groups excluding carboxylic acids is 1. The second kappa shape index (κ2) is 8.84. The van der Waals surface area contributed by atoms with Gasteiger partial charge in [0.15, 0.2) is 0 Å². The van der Waals surface area contributed by atoms with E-state index in [0.29, 0.717) is 30.2 Å². The number of benzene rings is 2. The highest BCUT2D eigenvalue weighted by atomic mass is 16.5. The second-order valence-corrected chi connectivity index (χ2v) is 8.04. The van der Waals surface area contributed by atoms with Crippen molar-refractivity contribution in [2.24, 2.45) is 0 Å². The standard InChI is InChI=1S/C25H24N6O2/c26-19-3-1-2-4-20(19)30-23(32)17-5-7-18(8-6-17)25(9-13-33-14-10-25)24-29-16-22(31-24)21-15-27-11-12-28-21/h1-8,11-12,15-16H,9-10,13-14,26H2,(H,29,31)(H,30,32). The molecule has 166 valence electrons. The minimum absolute atomic E-state index is 0.205. The lowest BCUT2D eigenvalue weighted by Gasteiger charge is -2.36. The van der Waals surface area contributed by atoms with Crippen molar-refractivity contribution < 1.29 is 9.53 Å². The molecule has 2 aromatic carbocycles. The Balaban J connectivity index is 1.43. The van der Waals surface area contributed by atoms with E-state index in [0.717, 1.165) is 35.6 Å². The number of para-hydroxylation sites is 2. The van der Waals surface area contributed by atoms with Gasteiger partial charge in [-0.1, -0.05) is 24.3 Å². The van der Waals surface area contributed by atoms with Crippen molar-refractivity contribution in [3.05, 3.63) is 90.3 Å². The number of nitrogens with two attached hydrogens (primary N) is 1. The molecular weight excluding hydrogens is 416 g/mol. The van der Waals surface area contributed by atoms with E-state index < -0.39 is 0 Å². The maximum absolute atomic E-state index is 12.7. The van der Waals surface area contributed by atoms with E-state index in [1.54, 1.807) is 30.7 Å². The SMILES string of the molecule is Nc1ccccc1NC(=O)c1ccc(C2(c3nc(-c4cnccn4)c[nH]3)CCOCC2)cc1. The maximum Gasteiger partial charge on any atom is 0.255 e. The first-order valence-corrected chi connectivity index (χ1v) is 10.8. The number of ether oxygens (including phenoxy) is 1. The molecule has 0 unspecified atom stereocenters. The van der Waals surface area contributed by atoms with Gasteiger partial charge in [-0.2, -0.15) is 0 Å². The van der Waals surface area contributed by atoms with Gasteiger partial charge in [0.05, 0.1) is 23.0 Å².